The van der Waals surface area contributed by atoms with Gasteiger partial charge in [-0.1, -0.05) is 12.1 Å². The third-order valence-corrected chi connectivity index (χ3v) is 1.84. The quantitative estimate of drug-likeness (QED) is 0.495. The molecule has 1 aromatic carbocycles. The number of nitrogen functional groups attached to an aromatic ring is 1. The maximum Gasteiger partial charge on any atom is 0.368 e. The van der Waals surface area contributed by atoms with E-state index in [2.05, 4.69) is 15.4 Å². The Balaban J connectivity index is 2.21. The van der Waals surface area contributed by atoms with Gasteiger partial charge in [0.25, 0.3) is 0 Å². The van der Waals surface area contributed by atoms with Crippen LogP contribution in [-0.4, -0.2) is 26.5 Å². The summed E-state index contributed by atoms with van der Waals surface area (Å²) in [5.74, 6) is -0.944. The van der Waals surface area contributed by atoms with Crippen molar-refractivity contribution >= 4 is 11.8 Å². The number of rotatable bonds is 2. The molecule has 1 heterocycles. The van der Waals surface area contributed by atoms with Crippen molar-refractivity contribution in [2.45, 2.75) is 0 Å². The largest absolute Gasteiger partial charge is 0.504 e. The van der Waals surface area contributed by atoms with Gasteiger partial charge in [-0.2, -0.15) is 5.21 Å². The van der Waals surface area contributed by atoms with Crippen LogP contribution in [0.25, 0.3) is 0 Å². The smallest absolute Gasteiger partial charge is 0.368 e. The number of aromatic nitrogens is 3. The van der Waals surface area contributed by atoms with E-state index >= 15 is 0 Å². The number of anilines is 1. The number of H-pyrrole nitrogens is 1. The molecular formula is C9H8N4O3. The molecule has 0 radical (unpaired) electrons. The third kappa shape index (κ3) is 1.78. The van der Waals surface area contributed by atoms with Gasteiger partial charge in [0.1, 0.15) is 0 Å². The Morgan fingerprint density at radius 2 is 2.12 bits per heavy atom. The Morgan fingerprint density at radius 3 is 2.75 bits per heavy atom. The summed E-state index contributed by atoms with van der Waals surface area (Å²) in [7, 11) is 0. The highest BCUT2D eigenvalue weighted by molar-refractivity contribution is 5.93. The van der Waals surface area contributed by atoms with Gasteiger partial charge in [0.2, 0.25) is 5.69 Å². The zero-order chi connectivity index (χ0) is 11.5. The summed E-state index contributed by atoms with van der Waals surface area (Å²) in [5.41, 5.74) is 5.24. The van der Waals surface area contributed by atoms with Crippen LogP contribution in [0.4, 0.5) is 5.82 Å². The number of esters is 1. The fourth-order valence-electron chi connectivity index (χ4n) is 1.08. The van der Waals surface area contributed by atoms with Gasteiger partial charge in [-0.25, -0.2) is 4.79 Å². The maximum atomic E-state index is 11.5. The number of aromatic amines is 1. The van der Waals surface area contributed by atoms with Crippen LogP contribution in [0.15, 0.2) is 24.3 Å². The molecule has 0 aliphatic carbocycles. The van der Waals surface area contributed by atoms with E-state index in [1.165, 1.54) is 12.1 Å². The van der Waals surface area contributed by atoms with Gasteiger partial charge in [-0.15, -0.1) is 10.2 Å². The molecule has 0 spiro atoms. The Bertz CT molecular complexity index is 523. The fourth-order valence-corrected chi connectivity index (χ4v) is 1.08. The summed E-state index contributed by atoms with van der Waals surface area (Å²) in [5, 5.41) is 18.6. The van der Waals surface area contributed by atoms with Crippen molar-refractivity contribution in [2.24, 2.45) is 0 Å². The minimum atomic E-state index is -0.784. The highest BCUT2D eigenvalue weighted by atomic mass is 16.5. The lowest BCUT2D eigenvalue weighted by Crippen LogP contribution is -2.11. The summed E-state index contributed by atoms with van der Waals surface area (Å²) in [6, 6.07) is 6.07. The van der Waals surface area contributed by atoms with Gasteiger partial charge in [0.15, 0.2) is 17.3 Å². The van der Waals surface area contributed by atoms with Gasteiger partial charge in [-0.3, -0.25) is 0 Å². The van der Waals surface area contributed by atoms with Crippen LogP contribution in [-0.2, 0) is 0 Å². The van der Waals surface area contributed by atoms with Crippen LogP contribution in [0.3, 0.4) is 0 Å². The molecule has 16 heavy (non-hydrogen) atoms. The number of phenols is 1. The number of carbonyl (C=O) groups excluding carboxylic acids is 1. The van der Waals surface area contributed by atoms with Crippen LogP contribution >= 0.6 is 0 Å². The second-order valence-corrected chi connectivity index (χ2v) is 2.91. The predicted octanol–water partition coefficient (Wildman–Crippen LogP) is 0.312. The first-order valence-corrected chi connectivity index (χ1v) is 4.35. The zero-order valence-corrected chi connectivity index (χ0v) is 8.04. The molecule has 2 aromatic rings. The van der Waals surface area contributed by atoms with Gasteiger partial charge in [-0.05, 0) is 12.1 Å². The molecule has 2 rings (SSSR count). The second-order valence-electron chi connectivity index (χ2n) is 2.91. The first-order valence-electron chi connectivity index (χ1n) is 4.35. The van der Waals surface area contributed by atoms with Crippen LogP contribution in [0.1, 0.15) is 10.5 Å². The summed E-state index contributed by atoms with van der Waals surface area (Å²) in [4.78, 5) is 11.5. The topological polar surface area (TPSA) is 114 Å². The van der Waals surface area contributed by atoms with Gasteiger partial charge in [0.05, 0.1) is 0 Å². The van der Waals surface area contributed by atoms with Crippen molar-refractivity contribution in [1.82, 2.24) is 15.4 Å². The lowest BCUT2D eigenvalue weighted by Gasteiger charge is -2.03. The number of aromatic hydroxyl groups is 1. The van der Waals surface area contributed by atoms with E-state index in [4.69, 9.17) is 10.5 Å². The fraction of sp³-hybridized carbons (Fsp3) is 0. The molecule has 0 fully saturated rings. The van der Waals surface area contributed by atoms with E-state index < -0.39 is 5.97 Å². The Kier molecular flexibility index (Phi) is 2.42. The van der Waals surface area contributed by atoms with Crippen molar-refractivity contribution in [3.05, 3.63) is 30.0 Å². The average molecular weight is 220 g/mol. The number of benzene rings is 1. The van der Waals surface area contributed by atoms with Gasteiger partial charge < -0.3 is 15.6 Å². The molecule has 1 aromatic heterocycles. The molecule has 82 valence electrons. The van der Waals surface area contributed by atoms with E-state index in [1.54, 1.807) is 12.1 Å². The monoisotopic (exact) mass is 220 g/mol. The molecule has 0 saturated carbocycles. The summed E-state index contributed by atoms with van der Waals surface area (Å²) < 4.78 is 4.88. The predicted molar refractivity (Wildman–Crippen MR) is 53.9 cm³/mol. The number of hydrogen-bond acceptors (Lipinski definition) is 6. The summed E-state index contributed by atoms with van der Waals surface area (Å²) in [6.45, 7) is 0. The minimum absolute atomic E-state index is 0.0369. The average Bonchev–Trinajstić information content (AvgIpc) is 2.68. The molecule has 0 aliphatic heterocycles. The lowest BCUT2D eigenvalue weighted by atomic mass is 10.3. The first-order chi connectivity index (χ1) is 7.68. The number of carbonyl (C=O) groups is 1. The molecule has 0 unspecified atom stereocenters. The van der Waals surface area contributed by atoms with Crippen molar-refractivity contribution in [2.75, 3.05) is 5.73 Å². The molecule has 0 aliphatic rings. The van der Waals surface area contributed by atoms with Crippen molar-refractivity contribution in [3.63, 3.8) is 0 Å². The Labute approximate surface area is 89.8 Å². The number of nitrogens with zero attached hydrogens (tertiary/aromatic N) is 2. The molecule has 0 saturated heterocycles. The van der Waals surface area contributed by atoms with Gasteiger partial charge >= 0.3 is 5.97 Å². The normalized spacial score (nSPS) is 10.0. The number of nitrogens with two attached hydrogens (primary N) is 1. The van der Waals surface area contributed by atoms with Crippen LogP contribution < -0.4 is 10.5 Å². The second kappa shape index (κ2) is 3.89. The van der Waals surface area contributed by atoms with Crippen molar-refractivity contribution < 1.29 is 14.6 Å². The first kappa shape index (κ1) is 9.97. The number of nitrogens with one attached hydrogen (secondary N) is 1. The molecule has 7 nitrogen and oxygen atoms in total. The maximum absolute atomic E-state index is 11.5. The van der Waals surface area contributed by atoms with Crippen LogP contribution in [0.5, 0.6) is 11.5 Å². The van der Waals surface area contributed by atoms with E-state index in [0.717, 1.165) is 0 Å². The van der Waals surface area contributed by atoms with Crippen molar-refractivity contribution in [1.29, 1.82) is 0 Å². The number of phenolic OH excluding ortho intramolecular Hbond substituents is 1. The van der Waals surface area contributed by atoms with E-state index in [9.17, 15) is 9.90 Å². The SMILES string of the molecule is Nc1n[nH]nc1C(=O)Oc1ccccc1O. The molecule has 0 amide bonds. The Hall–Kier alpha value is -2.57. The minimum Gasteiger partial charge on any atom is -0.504 e. The van der Waals surface area contributed by atoms with E-state index in [1.807, 2.05) is 0 Å². The highest BCUT2D eigenvalue weighted by Gasteiger charge is 2.17. The van der Waals surface area contributed by atoms with Gasteiger partial charge in [0, 0.05) is 0 Å². The van der Waals surface area contributed by atoms with Crippen LogP contribution in [0, 0.1) is 0 Å². The lowest BCUT2D eigenvalue weighted by molar-refractivity contribution is 0.0724. The highest BCUT2D eigenvalue weighted by Crippen LogP contribution is 2.25. The molecule has 4 N–H and O–H groups in total. The molecule has 7 heteroatoms. The Morgan fingerprint density at radius 1 is 1.38 bits per heavy atom. The number of hydrogen-bond donors (Lipinski definition) is 3. The van der Waals surface area contributed by atoms with E-state index in [0.29, 0.717) is 0 Å². The standard InChI is InChI=1S/C9H8N4O3/c10-8-7(11-13-12-8)9(15)16-6-4-2-1-3-5(6)14/h1-4,14H,(H3,10,11,12,13). The number of ether oxygens (including phenoxy) is 1. The van der Waals surface area contributed by atoms with Crippen LogP contribution in [0.2, 0.25) is 0 Å². The zero-order valence-electron chi connectivity index (χ0n) is 8.04. The summed E-state index contributed by atoms with van der Waals surface area (Å²) >= 11 is 0. The van der Waals surface area contributed by atoms with E-state index in [-0.39, 0.29) is 23.0 Å². The van der Waals surface area contributed by atoms with Crippen molar-refractivity contribution in [3.8, 4) is 11.5 Å². The number of para-hydroxylation sites is 2. The third-order valence-electron chi connectivity index (χ3n) is 1.84. The molecular weight excluding hydrogens is 212 g/mol. The molecule has 0 bridgehead atoms. The summed E-state index contributed by atoms with van der Waals surface area (Å²) in [6.07, 6.45) is 0. The molecule has 0 atom stereocenters.